The molecule has 2 heterocycles. The highest BCUT2D eigenvalue weighted by atomic mass is 16.1. The van der Waals surface area contributed by atoms with E-state index in [4.69, 9.17) is 5.73 Å². The lowest BCUT2D eigenvalue weighted by molar-refractivity contribution is 0.0981. The van der Waals surface area contributed by atoms with E-state index in [1.54, 1.807) is 6.20 Å². The van der Waals surface area contributed by atoms with Crippen LogP contribution in [0.25, 0.3) is 5.65 Å². The fourth-order valence-electron chi connectivity index (χ4n) is 1.33. The molecule has 0 saturated heterocycles. The summed E-state index contributed by atoms with van der Waals surface area (Å²) in [4.78, 5) is 15.6. The first kappa shape index (κ1) is 8.90. The molecule has 0 aromatic carbocycles. The van der Waals surface area contributed by atoms with Crippen LogP contribution in [0.4, 0.5) is 0 Å². The molecule has 72 valence electrons. The van der Waals surface area contributed by atoms with Crippen LogP contribution >= 0.6 is 0 Å². The number of hydrogen-bond acceptors (Lipinski definition) is 3. The van der Waals surface area contributed by atoms with E-state index < -0.39 is 0 Å². The smallest absolute Gasteiger partial charge is 0.184 e. The Balaban J connectivity index is 2.40. The van der Waals surface area contributed by atoms with Gasteiger partial charge in [0.25, 0.3) is 0 Å². The molecule has 0 atom stereocenters. The molecule has 0 aliphatic heterocycles. The van der Waals surface area contributed by atoms with Crippen LogP contribution in [0.2, 0.25) is 0 Å². The zero-order chi connectivity index (χ0) is 9.97. The minimum Gasteiger partial charge on any atom is -0.330 e. The number of aromatic nitrogens is 2. The van der Waals surface area contributed by atoms with Crippen molar-refractivity contribution in [1.29, 1.82) is 0 Å². The molecule has 0 aliphatic rings. The number of nitrogens with zero attached hydrogens (tertiary/aromatic N) is 2. The molecule has 0 aliphatic carbocycles. The highest BCUT2D eigenvalue weighted by Crippen LogP contribution is 2.06. The normalized spacial score (nSPS) is 10.6. The molecule has 2 aromatic heterocycles. The van der Waals surface area contributed by atoms with Crippen LogP contribution in [0, 0.1) is 0 Å². The second kappa shape index (κ2) is 3.59. The van der Waals surface area contributed by atoms with Gasteiger partial charge in [0, 0.05) is 18.8 Å². The van der Waals surface area contributed by atoms with Crippen molar-refractivity contribution in [3.8, 4) is 0 Å². The summed E-state index contributed by atoms with van der Waals surface area (Å²) in [7, 11) is 0. The first-order valence-electron chi connectivity index (χ1n) is 4.48. The highest BCUT2D eigenvalue weighted by molar-refractivity contribution is 5.94. The van der Waals surface area contributed by atoms with Crippen molar-refractivity contribution in [3.63, 3.8) is 0 Å². The largest absolute Gasteiger partial charge is 0.330 e. The number of imidazole rings is 1. The summed E-state index contributed by atoms with van der Waals surface area (Å²) in [5.74, 6) is -0.00352. The van der Waals surface area contributed by atoms with Crippen molar-refractivity contribution in [2.45, 2.75) is 6.42 Å². The summed E-state index contributed by atoms with van der Waals surface area (Å²) in [5, 5.41) is 0. The Morgan fingerprint density at radius 3 is 3.07 bits per heavy atom. The maximum atomic E-state index is 11.5. The SMILES string of the molecule is NCCC(=O)c1cn2ccccc2n1. The third-order valence-electron chi connectivity index (χ3n) is 2.02. The number of fused-ring (bicyclic) bond motifs is 1. The van der Waals surface area contributed by atoms with Gasteiger partial charge in [-0.25, -0.2) is 4.98 Å². The maximum absolute atomic E-state index is 11.5. The molecule has 2 aromatic rings. The van der Waals surface area contributed by atoms with Gasteiger partial charge in [0.05, 0.1) is 0 Å². The van der Waals surface area contributed by atoms with E-state index in [9.17, 15) is 4.79 Å². The van der Waals surface area contributed by atoms with E-state index in [0.29, 0.717) is 18.7 Å². The van der Waals surface area contributed by atoms with Crippen molar-refractivity contribution >= 4 is 11.4 Å². The van der Waals surface area contributed by atoms with Gasteiger partial charge in [0.2, 0.25) is 0 Å². The number of carbonyl (C=O) groups is 1. The fourth-order valence-corrected chi connectivity index (χ4v) is 1.33. The number of pyridine rings is 1. The second-order valence-electron chi connectivity index (χ2n) is 3.05. The van der Waals surface area contributed by atoms with Crippen LogP contribution in [-0.2, 0) is 0 Å². The number of Topliss-reactive ketones (excluding diaryl/α,β-unsaturated/α-hetero) is 1. The predicted octanol–water partition coefficient (Wildman–Crippen LogP) is 0.866. The molecule has 0 radical (unpaired) electrons. The van der Waals surface area contributed by atoms with Gasteiger partial charge in [-0.15, -0.1) is 0 Å². The number of rotatable bonds is 3. The molecule has 0 spiro atoms. The van der Waals surface area contributed by atoms with Crippen LogP contribution in [0.3, 0.4) is 0 Å². The maximum Gasteiger partial charge on any atom is 0.184 e. The lowest BCUT2D eigenvalue weighted by Crippen LogP contribution is -2.08. The molecule has 4 nitrogen and oxygen atoms in total. The molecule has 4 heteroatoms. The van der Waals surface area contributed by atoms with E-state index in [1.807, 2.05) is 28.8 Å². The van der Waals surface area contributed by atoms with Crippen LogP contribution in [0.1, 0.15) is 16.9 Å². The zero-order valence-electron chi connectivity index (χ0n) is 7.68. The van der Waals surface area contributed by atoms with Gasteiger partial charge in [-0.05, 0) is 18.7 Å². The van der Waals surface area contributed by atoms with Gasteiger partial charge in [-0.2, -0.15) is 0 Å². The lowest BCUT2D eigenvalue weighted by atomic mass is 10.2. The standard InChI is InChI=1S/C10H11N3O/c11-5-4-9(14)8-7-13-6-2-1-3-10(13)12-8/h1-3,6-7H,4-5,11H2. The average Bonchev–Trinajstić information content (AvgIpc) is 2.61. The second-order valence-corrected chi connectivity index (χ2v) is 3.05. The van der Waals surface area contributed by atoms with Crippen LogP contribution in [0.15, 0.2) is 30.6 Å². The summed E-state index contributed by atoms with van der Waals surface area (Å²) < 4.78 is 1.82. The Morgan fingerprint density at radius 1 is 1.50 bits per heavy atom. The van der Waals surface area contributed by atoms with Crippen molar-refractivity contribution in [2.24, 2.45) is 5.73 Å². The predicted molar refractivity (Wildman–Crippen MR) is 53.2 cm³/mol. The summed E-state index contributed by atoms with van der Waals surface area (Å²) in [5.41, 5.74) is 6.58. The fraction of sp³-hybridized carbons (Fsp3) is 0.200. The molecular formula is C10H11N3O. The molecule has 2 N–H and O–H groups in total. The molecule has 2 rings (SSSR count). The number of carbonyl (C=O) groups excluding carboxylic acids is 1. The van der Waals surface area contributed by atoms with Gasteiger partial charge in [-0.1, -0.05) is 6.07 Å². The first-order chi connectivity index (χ1) is 6.81. The van der Waals surface area contributed by atoms with Crippen LogP contribution in [0.5, 0.6) is 0 Å². The monoisotopic (exact) mass is 189 g/mol. The molecule has 0 saturated carbocycles. The van der Waals surface area contributed by atoms with Gasteiger partial charge < -0.3 is 10.1 Å². The quantitative estimate of drug-likeness (QED) is 0.728. The molecule has 0 fully saturated rings. The van der Waals surface area contributed by atoms with E-state index in [1.165, 1.54) is 0 Å². The molecule has 0 bridgehead atoms. The van der Waals surface area contributed by atoms with Gasteiger partial charge in [0.1, 0.15) is 11.3 Å². The average molecular weight is 189 g/mol. The zero-order valence-corrected chi connectivity index (χ0v) is 7.68. The summed E-state index contributed by atoms with van der Waals surface area (Å²) in [6.07, 6.45) is 3.94. The summed E-state index contributed by atoms with van der Waals surface area (Å²) in [6, 6.07) is 5.64. The highest BCUT2D eigenvalue weighted by Gasteiger charge is 2.08. The summed E-state index contributed by atoms with van der Waals surface area (Å²) >= 11 is 0. The molecule has 0 unspecified atom stereocenters. The molecule has 14 heavy (non-hydrogen) atoms. The van der Waals surface area contributed by atoms with Crippen molar-refractivity contribution in [2.75, 3.05) is 6.54 Å². The Kier molecular flexibility index (Phi) is 2.28. The number of ketones is 1. The molecular weight excluding hydrogens is 178 g/mol. The van der Waals surface area contributed by atoms with Gasteiger partial charge >= 0.3 is 0 Å². The minimum atomic E-state index is -0.00352. The first-order valence-corrected chi connectivity index (χ1v) is 4.48. The third kappa shape index (κ3) is 1.52. The van der Waals surface area contributed by atoms with E-state index in [2.05, 4.69) is 4.98 Å². The lowest BCUT2D eigenvalue weighted by Gasteiger charge is -1.90. The Morgan fingerprint density at radius 2 is 2.36 bits per heavy atom. The Hall–Kier alpha value is -1.68. The number of nitrogens with two attached hydrogens (primary N) is 1. The minimum absolute atomic E-state index is 0.00352. The Labute approximate surface area is 81.4 Å². The Bertz CT molecular complexity index is 428. The third-order valence-corrected chi connectivity index (χ3v) is 2.02. The van der Waals surface area contributed by atoms with E-state index in [-0.39, 0.29) is 5.78 Å². The van der Waals surface area contributed by atoms with Crippen molar-refractivity contribution in [1.82, 2.24) is 9.38 Å². The number of hydrogen-bond donors (Lipinski definition) is 1. The van der Waals surface area contributed by atoms with Crippen LogP contribution in [-0.4, -0.2) is 21.7 Å². The van der Waals surface area contributed by atoms with Crippen molar-refractivity contribution < 1.29 is 4.79 Å². The van der Waals surface area contributed by atoms with E-state index >= 15 is 0 Å². The van der Waals surface area contributed by atoms with Gasteiger partial charge in [-0.3, -0.25) is 4.79 Å². The van der Waals surface area contributed by atoms with Gasteiger partial charge in [0.15, 0.2) is 5.78 Å². The molecule has 0 amide bonds. The summed E-state index contributed by atoms with van der Waals surface area (Å²) in [6.45, 7) is 0.368. The van der Waals surface area contributed by atoms with Crippen LogP contribution < -0.4 is 5.73 Å². The van der Waals surface area contributed by atoms with E-state index in [0.717, 1.165) is 5.65 Å². The van der Waals surface area contributed by atoms with Crippen molar-refractivity contribution in [3.05, 3.63) is 36.3 Å². The topological polar surface area (TPSA) is 60.4 Å².